The Labute approximate surface area is 85.5 Å². The smallest absolute Gasteiger partial charge is 0.239 e. The average Bonchev–Trinajstić information content (AvgIpc) is 2.22. The van der Waals surface area contributed by atoms with Gasteiger partial charge in [-0.2, -0.15) is 0 Å². The van der Waals surface area contributed by atoms with Gasteiger partial charge in [0.15, 0.2) is 0 Å². The zero-order chi connectivity index (χ0) is 9.64. The lowest BCUT2D eigenvalue weighted by Gasteiger charge is -2.10. The molecule has 13 heavy (non-hydrogen) atoms. The van der Waals surface area contributed by atoms with E-state index in [9.17, 15) is 8.42 Å². The molecule has 0 saturated heterocycles. The second kappa shape index (κ2) is 2.72. The van der Waals surface area contributed by atoms with Crippen LogP contribution in [0.4, 0.5) is 5.69 Å². The van der Waals surface area contributed by atoms with Crippen LogP contribution in [-0.4, -0.2) is 15.5 Å². The molecule has 0 radical (unpaired) electrons. The minimum Gasteiger partial charge on any atom is -0.273 e. The highest BCUT2D eigenvalue weighted by Gasteiger charge is 2.29. The zero-order valence-corrected chi connectivity index (χ0v) is 9.39. The Morgan fingerprint density at radius 1 is 1.46 bits per heavy atom. The number of rotatable bonds is 0. The normalized spacial score (nSPS) is 18.8. The molecule has 0 aliphatic carbocycles. The summed E-state index contributed by atoms with van der Waals surface area (Å²) < 4.78 is 25.1. The van der Waals surface area contributed by atoms with Crippen LogP contribution in [0.25, 0.3) is 0 Å². The standard InChI is InChI=1S/C8H8BrNO2S/c1-10-8-3-2-7(9)4-6(8)5-13(10,11)12/h2-4H,5H2,1H3. The van der Waals surface area contributed by atoms with E-state index in [1.54, 1.807) is 7.05 Å². The van der Waals surface area contributed by atoms with Crippen LogP contribution in [0.15, 0.2) is 22.7 Å². The van der Waals surface area contributed by atoms with Crippen molar-refractivity contribution in [2.24, 2.45) is 0 Å². The van der Waals surface area contributed by atoms with Crippen molar-refractivity contribution in [3.05, 3.63) is 28.2 Å². The zero-order valence-electron chi connectivity index (χ0n) is 6.99. The maximum absolute atomic E-state index is 11.4. The molecule has 3 nitrogen and oxygen atoms in total. The first-order chi connectivity index (χ1) is 6.00. The third-order valence-corrected chi connectivity index (χ3v) is 4.34. The van der Waals surface area contributed by atoms with Crippen molar-refractivity contribution in [1.82, 2.24) is 0 Å². The highest BCUT2D eigenvalue weighted by atomic mass is 79.9. The van der Waals surface area contributed by atoms with Crippen LogP contribution in [-0.2, 0) is 15.8 Å². The van der Waals surface area contributed by atoms with Crippen LogP contribution in [0.5, 0.6) is 0 Å². The lowest BCUT2D eigenvalue weighted by atomic mass is 10.2. The van der Waals surface area contributed by atoms with Gasteiger partial charge < -0.3 is 0 Å². The van der Waals surface area contributed by atoms with E-state index in [2.05, 4.69) is 15.9 Å². The molecule has 2 rings (SSSR count). The summed E-state index contributed by atoms with van der Waals surface area (Å²) in [5, 5.41) is 0. The number of sulfonamides is 1. The fourth-order valence-electron chi connectivity index (χ4n) is 1.42. The molecule has 1 aliphatic rings. The number of hydrogen-bond donors (Lipinski definition) is 0. The molecule has 0 spiro atoms. The topological polar surface area (TPSA) is 37.4 Å². The van der Waals surface area contributed by atoms with E-state index >= 15 is 0 Å². The van der Waals surface area contributed by atoms with Crippen molar-refractivity contribution in [2.45, 2.75) is 5.75 Å². The molecule has 0 atom stereocenters. The predicted molar refractivity (Wildman–Crippen MR) is 55.2 cm³/mol. The van der Waals surface area contributed by atoms with Crippen LogP contribution in [0.1, 0.15) is 5.56 Å². The molecule has 1 aromatic carbocycles. The largest absolute Gasteiger partial charge is 0.273 e. The van der Waals surface area contributed by atoms with Crippen molar-refractivity contribution in [1.29, 1.82) is 0 Å². The molecular formula is C8H8BrNO2S. The summed E-state index contributed by atoms with van der Waals surface area (Å²) in [5.41, 5.74) is 1.64. The van der Waals surface area contributed by atoms with Gasteiger partial charge in [-0.3, -0.25) is 4.31 Å². The second-order valence-corrected chi connectivity index (χ2v) is 5.91. The van der Waals surface area contributed by atoms with Crippen LogP contribution in [0.2, 0.25) is 0 Å². The molecule has 0 unspecified atom stereocenters. The Balaban J connectivity index is 2.63. The molecule has 0 bridgehead atoms. The van der Waals surface area contributed by atoms with Gasteiger partial charge in [-0.05, 0) is 23.8 Å². The van der Waals surface area contributed by atoms with Gasteiger partial charge in [-0.15, -0.1) is 0 Å². The fourth-order valence-corrected chi connectivity index (χ4v) is 3.12. The highest BCUT2D eigenvalue weighted by Crippen LogP contribution is 2.33. The van der Waals surface area contributed by atoms with Crippen LogP contribution in [0.3, 0.4) is 0 Å². The molecule has 1 heterocycles. The lowest BCUT2D eigenvalue weighted by Crippen LogP contribution is -2.20. The summed E-state index contributed by atoms with van der Waals surface area (Å²) in [5.74, 6) is 0.109. The number of fused-ring (bicyclic) bond motifs is 1. The van der Waals surface area contributed by atoms with Gasteiger partial charge in [0.1, 0.15) is 0 Å². The monoisotopic (exact) mass is 261 g/mol. The Morgan fingerprint density at radius 2 is 2.15 bits per heavy atom. The molecule has 0 amide bonds. The van der Waals surface area contributed by atoms with Crippen molar-refractivity contribution in [2.75, 3.05) is 11.4 Å². The van der Waals surface area contributed by atoms with Gasteiger partial charge in [0.2, 0.25) is 10.0 Å². The fraction of sp³-hybridized carbons (Fsp3) is 0.250. The maximum Gasteiger partial charge on any atom is 0.239 e. The first-order valence-corrected chi connectivity index (χ1v) is 6.16. The summed E-state index contributed by atoms with van der Waals surface area (Å²) in [6, 6.07) is 5.50. The Hall–Kier alpha value is -0.550. The van der Waals surface area contributed by atoms with Gasteiger partial charge >= 0.3 is 0 Å². The van der Waals surface area contributed by atoms with Crippen LogP contribution < -0.4 is 4.31 Å². The predicted octanol–water partition coefficient (Wildman–Crippen LogP) is 1.73. The number of hydrogen-bond acceptors (Lipinski definition) is 2. The summed E-state index contributed by atoms with van der Waals surface area (Å²) in [6.07, 6.45) is 0. The van der Waals surface area contributed by atoms with Crippen molar-refractivity contribution in [3.63, 3.8) is 0 Å². The Bertz CT molecular complexity index is 455. The molecule has 5 heteroatoms. The summed E-state index contributed by atoms with van der Waals surface area (Å²) >= 11 is 3.31. The van der Waals surface area contributed by atoms with Crippen molar-refractivity contribution < 1.29 is 8.42 Å². The van der Waals surface area contributed by atoms with Crippen molar-refractivity contribution >= 4 is 31.6 Å². The van der Waals surface area contributed by atoms with E-state index < -0.39 is 10.0 Å². The van der Waals surface area contributed by atoms with Gasteiger partial charge in [-0.1, -0.05) is 15.9 Å². The lowest BCUT2D eigenvalue weighted by molar-refractivity contribution is 0.596. The van der Waals surface area contributed by atoms with Gasteiger partial charge in [0.25, 0.3) is 0 Å². The molecular weight excluding hydrogens is 254 g/mol. The first-order valence-electron chi connectivity index (χ1n) is 3.76. The quantitative estimate of drug-likeness (QED) is 0.714. The van der Waals surface area contributed by atoms with E-state index in [4.69, 9.17) is 0 Å². The minimum atomic E-state index is -3.09. The minimum absolute atomic E-state index is 0.109. The van der Waals surface area contributed by atoms with Crippen LogP contribution in [0, 0.1) is 0 Å². The maximum atomic E-state index is 11.4. The first kappa shape index (κ1) is 9.02. The van der Waals surface area contributed by atoms with E-state index in [1.807, 2.05) is 18.2 Å². The molecule has 0 fully saturated rings. The molecule has 70 valence electrons. The van der Waals surface area contributed by atoms with E-state index in [0.29, 0.717) is 0 Å². The van der Waals surface area contributed by atoms with Crippen molar-refractivity contribution in [3.8, 4) is 0 Å². The Morgan fingerprint density at radius 3 is 2.85 bits per heavy atom. The third-order valence-electron chi connectivity index (χ3n) is 2.14. The molecule has 0 saturated carbocycles. The number of benzene rings is 1. The Kier molecular flexibility index (Phi) is 1.89. The molecule has 1 aromatic rings. The molecule has 0 aromatic heterocycles. The number of halogens is 1. The second-order valence-electron chi connectivity index (χ2n) is 3.00. The highest BCUT2D eigenvalue weighted by molar-refractivity contribution is 9.10. The summed E-state index contributed by atoms with van der Waals surface area (Å²) in [7, 11) is -1.51. The number of anilines is 1. The van der Waals surface area contributed by atoms with Crippen LogP contribution >= 0.6 is 15.9 Å². The summed E-state index contributed by atoms with van der Waals surface area (Å²) in [6.45, 7) is 0. The molecule has 0 N–H and O–H groups in total. The SMILES string of the molecule is CN1c2ccc(Br)cc2CS1(=O)=O. The van der Waals surface area contributed by atoms with E-state index in [-0.39, 0.29) is 5.75 Å². The van der Waals surface area contributed by atoms with Gasteiger partial charge in [0.05, 0.1) is 11.4 Å². The van der Waals surface area contributed by atoms with Gasteiger partial charge in [0, 0.05) is 11.5 Å². The average molecular weight is 262 g/mol. The summed E-state index contributed by atoms with van der Waals surface area (Å²) in [4.78, 5) is 0. The third kappa shape index (κ3) is 1.36. The molecule has 1 aliphatic heterocycles. The van der Waals surface area contributed by atoms with E-state index in [1.165, 1.54) is 4.31 Å². The van der Waals surface area contributed by atoms with Gasteiger partial charge in [-0.25, -0.2) is 8.42 Å². The van der Waals surface area contributed by atoms with E-state index in [0.717, 1.165) is 15.7 Å². The number of nitrogens with zero attached hydrogens (tertiary/aromatic N) is 1.